The minimum absolute atomic E-state index is 0.00820. The Balaban J connectivity index is 1.55. The van der Waals surface area contributed by atoms with Crippen molar-refractivity contribution in [3.63, 3.8) is 0 Å². The van der Waals surface area contributed by atoms with E-state index in [1.165, 1.54) is 0 Å². The van der Waals surface area contributed by atoms with Crippen LogP contribution in [-0.4, -0.2) is 71.7 Å². The lowest BCUT2D eigenvalue weighted by molar-refractivity contribution is -0.143. The summed E-state index contributed by atoms with van der Waals surface area (Å²) in [6, 6.07) is 5.67. The zero-order chi connectivity index (χ0) is 19.0. The fraction of sp³-hybridized carbons (Fsp3) is 0.550. The molecule has 2 fully saturated rings. The van der Waals surface area contributed by atoms with Gasteiger partial charge >= 0.3 is 0 Å². The number of hydrogen-bond acceptors (Lipinski definition) is 5. The highest BCUT2D eigenvalue weighted by molar-refractivity contribution is 5.93. The average Bonchev–Trinajstić information content (AvgIpc) is 3.33. The molecule has 0 N–H and O–H groups in total. The summed E-state index contributed by atoms with van der Waals surface area (Å²) < 4.78 is 11.3. The molecule has 0 radical (unpaired) electrons. The second kappa shape index (κ2) is 7.05. The number of pyridine rings is 1. The van der Waals surface area contributed by atoms with Crippen LogP contribution < -0.4 is 0 Å². The van der Waals surface area contributed by atoms with Crippen molar-refractivity contribution >= 4 is 11.8 Å². The van der Waals surface area contributed by atoms with Gasteiger partial charge in [0.2, 0.25) is 11.8 Å². The quantitative estimate of drug-likeness (QED) is 0.665. The van der Waals surface area contributed by atoms with Gasteiger partial charge in [0, 0.05) is 26.4 Å². The van der Waals surface area contributed by atoms with Crippen LogP contribution in [0.15, 0.2) is 36.5 Å². The zero-order valence-corrected chi connectivity index (χ0v) is 15.7. The predicted molar refractivity (Wildman–Crippen MR) is 97.5 cm³/mol. The van der Waals surface area contributed by atoms with Gasteiger partial charge in [0.05, 0.1) is 43.3 Å². The number of ether oxygens (including phenoxy) is 2. The molecule has 4 rings (SSSR count). The normalized spacial score (nSPS) is 30.8. The van der Waals surface area contributed by atoms with Gasteiger partial charge in [-0.25, -0.2) is 0 Å². The predicted octanol–water partition coefficient (Wildman–Crippen LogP) is 0.859. The molecule has 1 spiro atoms. The molecule has 2 saturated heterocycles. The second-order valence-corrected chi connectivity index (χ2v) is 7.33. The van der Waals surface area contributed by atoms with Crippen LogP contribution in [0.4, 0.5) is 0 Å². The second-order valence-electron chi connectivity index (χ2n) is 7.33. The average molecular weight is 371 g/mol. The van der Waals surface area contributed by atoms with Crippen LogP contribution in [0.3, 0.4) is 0 Å². The third-order valence-electron chi connectivity index (χ3n) is 5.80. The number of carbonyl (C=O) groups is 2. The minimum atomic E-state index is -0.666. The SMILES string of the molecule is CCN(Cc1ccccn1)C(=O)[C@@H]1[C@@H]2C=C[C@@]3(CN(CCOC)C(=O)[C@@H]13)O2. The lowest BCUT2D eigenvalue weighted by Crippen LogP contribution is -2.46. The van der Waals surface area contributed by atoms with Crippen molar-refractivity contribution in [2.75, 3.05) is 33.4 Å². The number of rotatable bonds is 7. The molecular weight excluding hydrogens is 346 g/mol. The Morgan fingerprint density at radius 1 is 1.48 bits per heavy atom. The maximum atomic E-state index is 13.4. The van der Waals surface area contributed by atoms with E-state index in [4.69, 9.17) is 9.47 Å². The van der Waals surface area contributed by atoms with Gasteiger partial charge in [-0.2, -0.15) is 0 Å². The van der Waals surface area contributed by atoms with Crippen LogP contribution in [0.25, 0.3) is 0 Å². The minimum Gasteiger partial charge on any atom is -0.383 e. The molecule has 144 valence electrons. The largest absolute Gasteiger partial charge is 0.383 e. The maximum absolute atomic E-state index is 13.4. The molecule has 7 nitrogen and oxygen atoms in total. The Hall–Kier alpha value is -2.25. The van der Waals surface area contributed by atoms with E-state index in [0.29, 0.717) is 32.8 Å². The van der Waals surface area contributed by atoms with Crippen LogP contribution >= 0.6 is 0 Å². The van der Waals surface area contributed by atoms with E-state index in [1.54, 1.807) is 23.1 Å². The molecule has 1 aromatic heterocycles. The smallest absolute Gasteiger partial charge is 0.230 e. The molecule has 0 aromatic carbocycles. The number of nitrogens with zero attached hydrogens (tertiary/aromatic N) is 3. The molecule has 2 bridgehead atoms. The van der Waals surface area contributed by atoms with Crippen molar-refractivity contribution in [1.82, 2.24) is 14.8 Å². The number of hydrogen-bond donors (Lipinski definition) is 0. The maximum Gasteiger partial charge on any atom is 0.230 e. The van der Waals surface area contributed by atoms with Gasteiger partial charge in [-0.3, -0.25) is 14.6 Å². The highest BCUT2D eigenvalue weighted by atomic mass is 16.5. The Bertz CT molecular complexity index is 753. The third-order valence-corrected chi connectivity index (χ3v) is 5.80. The molecule has 2 amide bonds. The van der Waals surface area contributed by atoms with Gasteiger partial charge in [-0.05, 0) is 19.1 Å². The summed E-state index contributed by atoms with van der Waals surface area (Å²) in [6.07, 6.45) is 5.32. The first-order valence-electron chi connectivity index (χ1n) is 9.43. The van der Waals surface area contributed by atoms with Gasteiger partial charge in [-0.15, -0.1) is 0 Å². The zero-order valence-electron chi connectivity index (χ0n) is 15.7. The van der Waals surface area contributed by atoms with E-state index in [1.807, 2.05) is 37.3 Å². The molecule has 0 aliphatic carbocycles. The first-order chi connectivity index (χ1) is 13.1. The van der Waals surface area contributed by atoms with Gasteiger partial charge in [0.1, 0.15) is 5.60 Å². The molecule has 27 heavy (non-hydrogen) atoms. The van der Waals surface area contributed by atoms with Crippen LogP contribution in [0.1, 0.15) is 12.6 Å². The van der Waals surface area contributed by atoms with Crippen LogP contribution in [0.5, 0.6) is 0 Å². The molecule has 4 atom stereocenters. The van der Waals surface area contributed by atoms with Gasteiger partial charge < -0.3 is 19.3 Å². The lowest BCUT2D eigenvalue weighted by Gasteiger charge is -2.29. The van der Waals surface area contributed by atoms with Crippen molar-refractivity contribution in [2.24, 2.45) is 11.8 Å². The molecule has 4 heterocycles. The van der Waals surface area contributed by atoms with Crippen molar-refractivity contribution in [3.05, 3.63) is 42.2 Å². The molecule has 0 saturated carbocycles. The number of fused-ring (bicyclic) bond motifs is 1. The molecule has 3 aliphatic heterocycles. The topological polar surface area (TPSA) is 72.0 Å². The number of methoxy groups -OCH3 is 1. The fourth-order valence-corrected chi connectivity index (χ4v) is 4.49. The summed E-state index contributed by atoms with van der Waals surface area (Å²) in [6.45, 7) is 4.42. The van der Waals surface area contributed by atoms with Crippen LogP contribution in [0, 0.1) is 11.8 Å². The van der Waals surface area contributed by atoms with E-state index >= 15 is 0 Å². The Kier molecular flexibility index (Phi) is 4.74. The van der Waals surface area contributed by atoms with E-state index in [-0.39, 0.29) is 17.9 Å². The molecule has 7 heteroatoms. The van der Waals surface area contributed by atoms with Gasteiger partial charge in [0.25, 0.3) is 0 Å². The van der Waals surface area contributed by atoms with Crippen molar-refractivity contribution < 1.29 is 19.1 Å². The molecular formula is C20H25N3O4. The summed E-state index contributed by atoms with van der Waals surface area (Å²) in [7, 11) is 1.62. The highest BCUT2D eigenvalue weighted by Gasteiger charge is 2.67. The van der Waals surface area contributed by atoms with E-state index in [9.17, 15) is 9.59 Å². The Morgan fingerprint density at radius 3 is 3.04 bits per heavy atom. The summed E-state index contributed by atoms with van der Waals surface area (Å²) >= 11 is 0. The lowest BCUT2D eigenvalue weighted by atomic mass is 9.76. The number of amides is 2. The van der Waals surface area contributed by atoms with Crippen molar-refractivity contribution in [1.29, 1.82) is 0 Å². The van der Waals surface area contributed by atoms with Crippen LogP contribution in [0.2, 0.25) is 0 Å². The number of aromatic nitrogens is 1. The first-order valence-corrected chi connectivity index (χ1v) is 9.43. The number of likely N-dealkylation sites (tertiary alicyclic amines) is 1. The molecule has 0 unspecified atom stereocenters. The van der Waals surface area contributed by atoms with E-state index < -0.39 is 17.4 Å². The van der Waals surface area contributed by atoms with Crippen molar-refractivity contribution in [2.45, 2.75) is 25.2 Å². The summed E-state index contributed by atoms with van der Waals surface area (Å²) in [5, 5.41) is 0. The Morgan fingerprint density at radius 2 is 2.33 bits per heavy atom. The van der Waals surface area contributed by atoms with Crippen molar-refractivity contribution in [3.8, 4) is 0 Å². The van der Waals surface area contributed by atoms with E-state index in [2.05, 4.69) is 4.98 Å². The standard InChI is InChI=1S/C20H25N3O4/c1-3-22(12-14-6-4-5-9-21-14)18(24)16-15-7-8-20(27-15)13-23(10-11-26-2)19(25)17(16)20/h4-9,15-17H,3,10-13H2,1-2H3/t15-,16+,17+,20-/m0/s1. The fourth-order valence-electron chi connectivity index (χ4n) is 4.49. The summed E-state index contributed by atoms with van der Waals surface area (Å²) in [5.74, 6) is -0.967. The Labute approximate surface area is 158 Å². The number of carbonyl (C=O) groups excluding carboxylic acids is 2. The third kappa shape index (κ3) is 2.95. The monoisotopic (exact) mass is 371 g/mol. The van der Waals surface area contributed by atoms with Crippen LogP contribution in [-0.2, 0) is 25.6 Å². The summed E-state index contributed by atoms with van der Waals surface area (Å²) in [5.41, 5.74) is 0.168. The van der Waals surface area contributed by atoms with Gasteiger partial charge in [0.15, 0.2) is 0 Å². The van der Waals surface area contributed by atoms with E-state index in [0.717, 1.165) is 5.69 Å². The highest BCUT2D eigenvalue weighted by Crippen LogP contribution is 2.52. The van der Waals surface area contributed by atoms with Gasteiger partial charge in [-0.1, -0.05) is 18.2 Å². The molecule has 1 aromatic rings. The summed E-state index contributed by atoms with van der Waals surface area (Å²) in [4.78, 5) is 34.2. The molecule has 3 aliphatic rings. The first kappa shape index (κ1) is 18.1.